The van der Waals surface area contributed by atoms with Crippen molar-refractivity contribution >= 4 is 21.6 Å². The summed E-state index contributed by atoms with van der Waals surface area (Å²) in [7, 11) is -4.20. The third-order valence-electron chi connectivity index (χ3n) is 8.04. The van der Waals surface area contributed by atoms with E-state index in [0.29, 0.717) is 18.3 Å². The molecule has 2 aliphatic rings. The minimum atomic E-state index is -4.55. The molecule has 1 N–H and O–H groups in total. The van der Waals surface area contributed by atoms with Crippen molar-refractivity contribution in [3.8, 4) is 11.1 Å². The normalized spacial score (nSPS) is 19.7. The zero-order chi connectivity index (χ0) is 29.2. The molecule has 5 rings (SSSR count). The molecular weight excluding hydrogens is 551 g/mol. The van der Waals surface area contributed by atoms with Gasteiger partial charge in [-0.25, -0.2) is 8.42 Å². The zero-order valence-corrected chi connectivity index (χ0v) is 23.7. The second-order valence-corrected chi connectivity index (χ2v) is 12.6. The number of carbonyl (C=O) groups excluding carboxylic acids is 1. The van der Waals surface area contributed by atoms with Crippen molar-refractivity contribution in [3.63, 3.8) is 0 Å². The smallest absolute Gasteiger partial charge is 0.354 e. The van der Waals surface area contributed by atoms with Gasteiger partial charge in [0.1, 0.15) is 6.04 Å². The second-order valence-electron chi connectivity index (χ2n) is 10.7. The maximum Gasteiger partial charge on any atom is 0.417 e. The van der Waals surface area contributed by atoms with E-state index in [9.17, 15) is 26.4 Å². The van der Waals surface area contributed by atoms with Crippen LogP contribution in [0.2, 0.25) is 0 Å². The van der Waals surface area contributed by atoms with Gasteiger partial charge >= 0.3 is 6.18 Å². The van der Waals surface area contributed by atoms with Gasteiger partial charge in [0.25, 0.3) is 10.0 Å². The Labute approximate surface area is 239 Å². The standard InChI is InChI=1S/C31H34F3N3O3S/c1-22-9-6-7-19-36(22)20-8-18-35-30(38)29-21-24-10-2-5-13-28(24)37(29)41(39,40)25-16-14-23(15-17-25)26-11-3-4-12-27(26)31(32,33)34/h2-5,10-17,22,29H,6-9,18-21H2,1H3,(H,35,38)/t22?,29-/m0/s1. The van der Waals surface area contributed by atoms with Crippen LogP contribution >= 0.6 is 0 Å². The topological polar surface area (TPSA) is 69.7 Å². The molecule has 3 aromatic rings. The van der Waals surface area contributed by atoms with Gasteiger partial charge in [-0.1, -0.05) is 55.0 Å². The Morgan fingerprint density at radius 2 is 1.68 bits per heavy atom. The number of sulfonamides is 1. The molecule has 1 unspecified atom stereocenters. The third-order valence-corrected chi connectivity index (χ3v) is 9.88. The first-order valence-electron chi connectivity index (χ1n) is 14.0. The van der Waals surface area contributed by atoms with E-state index >= 15 is 0 Å². The fourth-order valence-electron chi connectivity index (χ4n) is 5.86. The van der Waals surface area contributed by atoms with Gasteiger partial charge in [-0.05, 0) is 73.7 Å². The molecule has 218 valence electrons. The summed E-state index contributed by atoms with van der Waals surface area (Å²) in [5.41, 5.74) is 0.591. The number of hydrogen-bond donors (Lipinski definition) is 1. The lowest BCUT2D eigenvalue weighted by Crippen LogP contribution is -2.48. The van der Waals surface area contributed by atoms with E-state index in [1.165, 1.54) is 61.7 Å². The van der Waals surface area contributed by atoms with Gasteiger partial charge in [0, 0.05) is 25.6 Å². The molecule has 0 radical (unpaired) electrons. The van der Waals surface area contributed by atoms with Crippen LogP contribution in [0, 0.1) is 0 Å². The molecular formula is C31H34F3N3O3S. The summed E-state index contributed by atoms with van der Waals surface area (Å²) in [6.45, 7) is 4.59. The maximum atomic E-state index is 13.9. The number of nitrogens with zero attached hydrogens (tertiary/aromatic N) is 2. The van der Waals surface area contributed by atoms with Gasteiger partial charge in [0.2, 0.25) is 5.91 Å². The molecule has 0 saturated carbocycles. The first-order valence-corrected chi connectivity index (χ1v) is 15.4. The van der Waals surface area contributed by atoms with E-state index in [0.717, 1.165) is 35.4 Å². The number of rotatable bonds is 8. The summed E-state index contributed by atoms with van der Waals surface area (Å²) in [5, 5.41) is 2.94. The SMILES string of the molecule is CC1CCCCN1CCCNC(=O)[C@@H]1Cc2ccccc2N1S(=O)(=O)c1ccc(-c2ccccc2C(F)(F)F)cc1. The van der Waals surface area contributed by atoms with Crippen LogP contribution in [0.15, 0.2) is 77.7 Å². The number of piperidine rings is 1. The van der Waals surface area contributed by atoms with Gasteiger partial charge in [-0.3, -0.25) is 9.10 Å². The van der Waals surface area contributed by atoms with E-state index in [1.807, 2.05) is 0 Å². The van der Waals surface area contributed by atoms with Crippen LogP contribution in [-0.4, -0.2) is 50.9 Å². The van der Waals surface area contributed by atoms with Crippen LogP contribution in [0.5, 0.6) is 0 Å². The van der Waals surface area contributed by atoms with Crippen LogP contribution in [0.3, 0.4) is 0 Å². The molecule has 0 spiro atoms. The highest BCUT2D eigenvalue weighted by Crippen LogP contribution is 2.39. The molecule has 2 heterocycles. The van der Waals surface area contributed by atoms with Gasteiger partial charge in [0.15, 0.2) is 0 Å². The van der Waals surface area contributed by atoms with Crippen LogP contribution in [-0.2, 0) is 27.4 Å². The number of nitrogens with one attached hydrogen (secondary N) is 1. The van der Waals surface area contributed by atoms with Gasteiger partial charge < -0.3 is 10.2 Å². The number of anilines is 1. The molecule has 2 atom stereocenters. The van der Waals surface area contributed by atoms with Crippen LogP contribution in [0.4, 0.5) is 18.9 Å². The fourth-order valence-corrected chi connectivity index (χ4v) is 7.51. The number of alkyl halides is 3. The second kappa shape index (κ2) is 11.9. The van der Waals surface area contributed by atoms with Gasteiger partial charge in [-0.2, -0.15) is 13.2 Å². The Morgan fingerprint density at radius 3 is 2.41 bits per heavy atom. The highest BCUT2D eigenvalue weighted by Gasteiger charge is 2.42. The summed E-state index contributed by atoms with van der Waals surface area (Å²) in [4.78, 5) is 15.7. The van der Waals surface area contributed by atoms with Crippen LogP contribution in [0.1, 0.15) is 43.7 Å². The molecule has 41 heavy (non-hydrogen) atoms. The lowest BCUT2D eigenvalue weighted by Gasteiger charge is -2.33. The number of amides is 1. The Morgan fingerprint density at radius 1 is 0.976 bits per heavy atom. The number of likely N-dealkylation sites (tertiary alicyclic amines) is 1. The molecule has 2 aliphatic heterocycles. The molecule has 1 amide bonds. The van der Waals surface area contributed by atoms with Crippen molar-refractivity contribution in [1.29, 1.82) is 0 Å². The lowest BCUT2D eigenvalue weighted by molar-refractivity contribution is -0.137. The monoisotopic (exact) mass is 585 g/mol. The zero-order valence-electron chi connectivity index (χ0n) is 22.9. The summed E-state index contributed by atoms with van der Waals surface area (Å²) in [6, 6.07) is 17.1. The van der Waals surface area contributed by atoms with E-state index < -0.39 is 27.8 Å². The van der Waals surface area contributed by atoms with Crippen molar-refractivity contribution in [2.75, 3.05) is 23.9 Å². The minimum absolute atomic E-state index is 0.0355. The Bertz CT molecular complexity index is 1490. The first-order chi connectivity index (χ1) is 19.6. The average Bonchev–Trinajstić information content (AvgIpc) is 3.36. The predicted octanol–water partition coefficient (Wildman–Crippen LogP) is 5.87. The third kappa shape index (κ3) is 6.13. The summed E-state index contributed by atoms with van der Waals surface area (Å²) in [5.74, 6) is -0.368. The van der Waals surface area contributed by atoms with Crippen molar-refractivity contribution < 1.29 is 26.4 Å². The predicted molar refractivity (Wildman–Crippen MR) is 153 cm³/mol. The summed E-state index contributed by atoms with van der Waals surface area (Å²) < 4.78 is 69.6. The first kappa shape index (κ1) is 29.1. The molecule has 0 aromatic heterocycles. The van der Waals surface area contributed by atoms with Crippen LogP contribution < -0.4 is 9.62 Å². The average molecular weight is 586 g/mol. The fraction of sp³-hybridized carbons (Fsp3) is 0.387. The molecule has 0 bridgehead atoms. The van der Waals surface area contributed by atoms with Gasteiger partial charge in [0.05, 0.1) is 16.1 Å². The van der Waals surface area contributed by atoms with Crippen molar-refractivity contribution in [2.45, 2.75) is 62.2 Å². The number of fused-ring (bicyclic) bond motifs is 1. The summed E-state index contributed by atoms with van der Waals surface area (Å²) >= 11 is 0. The highest BCUT2D eigenvalue weighted by atomic mass is 32.2. The number of hydrogen-bond acceptors (Lipinski definition) is 4. The Hall–Kier alpha value is -3.37. The molecule has 10 heteroatoms. The van der Waals surface area contributed by atoms with E-state index in [4.69, 9.17) is 0 Å². The minimum Gasteiger partial charge on any atom is -0.354 e. The number of carbonyl (C=O) groups is 1. The lowest BCUT2D eigenvalue weighted by atomic mass is 9.99. The van der Waals surface area contributed by atoms with Crippen molar-refractivity contribution in [1.82, 2.24) is 10.2 Å². The Balaban J connectivity index is 1.35. The number of para-hydroxylation sites is 1. The van der Waals surface area contributed by atoms with Crippen molar-refractivity contribution in [3.05, 3.63) is 83.9 Å². The maximum absolute atomic E-state index is 13.9. The number of halogens is 3. The molecule has 3 aromatic carbocycles. The van der Waals surface area contributed by atoms with Crippen LogP contribution in [0.25, 0.3) is 11.1 Å². The highest BCUT2D eigenvalue weighted by molar-refractivity contribution is 7.93. The molecule has 0 aliphatic carbocycles. The van der Waals surface area contributed by atoms with Gasteiger partial charge in [-0.15, -0.1) is 0 Å². The Kier molecular flexibility index (Phi) is 8.42. The van der Waals surface area contributed by atoms with E-state index in [1.54, 1.807) is 24.3 Å². The number of benzene rings is 3. The molecule has 1 fully saturated rings. The molecule has 6 nitrogen and oxygen atoms in total. The van der Waals surface area contributed by atoms with E-state index in [2.05, 4.69) is 17.1 Å². The summed E-state index contributed by atoms with van der Waals surface area (Å²) in [6.07, 6.45) is 0.0531. The largest absolute Gasteiger partial charge is 0.417 e. The van der Waals surface area contributed by atoms with Crippen molar-refractivity contribution in [2.24, 2.45) is 0 Å². The molecule has 1 saturated heterocycles. The van der Waals surface area contributed by atoms with E-state index in [-0.39, 0.29) is 28.4 Å². The quantitative estimate of drug-likeness (QED) is 0.336.